The highest BCUT2D eigenvalue weighted by molar-refractivity contribution is 9.10. The van der Waals surface area contributed by atoms with Gasteiger partial charge in [-0.05, 0) is 57.5 Å². The molecule has 0 aliphatic heterocycles. The molecule has 0 aliphatic rings. The molecule has 0 fully saturated rings. The van der Waals surface area contributed by atoms with Crippen LogP contribution in [0.2, 0.25) is 0 Å². The zero-order chi connectivity index (χ0) is 16.7. The summed E-state index contributed by atoms with van der Waals surface area (Å²) in [5.74, 6) is -0.434. The van der Waals surface area contributed by atoms with Crippen molar-refractivity contribution in [2.24, 2.45) is 0 Å². The van der Waals surface area contributed by atoms with Crippen molar-refractivity contribution in [3.05, 3.63) is 51.1 Å². The van der Waals surface area contributed by atoms with Gasteiger partial charge in [-0.2, -0.15) is 11.3 Å². The second kappa shape index (κ2) is 8.81. The number of carbonyl (C=O) groups is 2. The summed E-state index contributed by atoms with van der Waals surface area (Å²) in [6.07, 6.45) is 0. The molecular formula is C16H18BrN3O2S. The number of hydrogen-bond acceptors (Lipinski definition) is 4. The van der Waals surface area contributed by atoms with Gasteiger partial charge in [0.2, 0.25) is 11.8 Å². The van der Waals surface area contributed by atoms with E-state index in [1.165, 1.54) is 5.56 Å². The molecule has 122 valence electrons. The Bertz CT molecular complexity index is 661. The molecule has 0 aliphatic carbocycles. The van der Waals surface area contributed by atoms with Crippen molar-refractivity contribution in [3.8, 4) is 0 Å². The number of hydrogen-bond donors (Lipinski definition) is 2. The van der Waals surface area contributed by atoms with Crippen molar-refractivity contribution in [1.82, 2.24) is 10.2 Å². The Kier molecular flexibility index (Phi) is 6.76. The van der Waals surface area contributed by atoms with Crippen LogP contribution in [0.1, 0.15) is 5.56 Å². The summed E-state index contributed by atoms with van der Waals surface area (Å²) < 4.78 is 0.801. The molecule has 1 aromatic heterocycles. The Hall–Kier alpha value is -1.70. The van der Waals surface area contributed by atoms with E-state index in [9.17, 15) is 9.59 Å². The first kappa shape index (κ1) is 17.7. The maximum absolute atomic E-state index is 11.9. The molecule has 2 rings (SSSR count). The third kappa shape index (κ3) is 6.13. The Morgan fingerprint density at radius 1 is 1.22 bits per heavy atom. The lowest BCUT2D eigenvalue weighted by Crippen LogP contribution is -2.39. The normalized spacial score (nSPS) is 10.6. The first-order valence-corrected chi connectivity index (χ1v) is 8.79. The van der Waals surface area contributed by atoms with Gasteiger partial charge in [0.05, 0.1) is 18.8 Å². The van der Waals surface area contributed by atoms with Crippen molar-refractivity contribution < 1.29 is 9.59 Å². The van der Waals surface area contributed by atoms with Gasteiger partial charge in [0.15, 0.2) is 0 Å². The van der Waals surface area contributed by atoms with Crippen molar-refractivity contribution in [3.63, 3.8) is 0 Å². The van der Waals surface area contributed by atoms with E-state index >= 15 is 0 Å². The Labute approximate surface area is 147 Å². The SMILES string of the molecule is CN(CC(=O)NCC(=O)Nc1ccccc1Br)Cc1ccsc1. The van der Waals surface area contributed by atoms with Crippen molar-refractivity contribution in [1.29, 1.82) is 0 Å². The Morgan fingerprint density at radius 2 is 2.00 bits per heavy atom. The first-order chi connectivity index (χ1) is 11.0. The van der Waals surface area contributed by atoms with Crippen LogP contribution in [0.5, 0.6) is 0 Å². The minimum Gasteiger partial charge on any atom is -0.346 e. The predicted octanol–water partition coefficient (Wildman–Crippen LogP) is 2.70. The molecule has 2 N–H and O–H groups in total. The van der Waals surface area contributed by atoms with Gasteiger partial charge < -0.3 is 10.6 Å². The number of para-hydroxylation sites is 1. The average Bonchev–Trinajstić information content (AvgIpc) is 3.00. The third-order valence-electron chi connectivity index (χ3n) is 3.04. The second-order valence-corrected chi connectivity index (χ2v) is 6.74. The van der Waals surface area contributed by atoms with Gasteiger partial charge >= 0.3 is 0 Å². The van der Waals surface area contributed by atoms with Crippen LogP contribution in [-0.2, 0) is 16.1 Å². The number of carbonyl (C=O) groups excluding carboxylic acids is 2. The van der Waals surface area contributed by atoms with Crippen molar-refractivity contribution in [2.75, 3.05) is 25.5 Å². The Balaban J connectivity index is 1.71. The minimum absolute atomic E-state index is 0.0491. The van der Waals surface area contributed by atoms with E-state index in [0.29, 0.717) is 12.2 Å². The van der Waals surface area contributed by atoms with E-state index in [0.717, 1.165) is 4.47 Å². The number of halogens is 1. The van der Waals surface area contributed by atoms with Gasteiger partial charge in [0.1, 0.15) is 0 Å². The molecule has 7 heteroatoms. The van der Waals surface area contributed by atoms with E-state index in [4.69, 9.17) is 0 Å². The topological polar surface area (TPSA) is 61.4 Å². The number of anilines is 1. The van der Waals surface area contributed by atoms with Gasteiger partial charge in [0.25, 0.3) is 0 Å². The van der Waals surface area contributed by atoms with E-state index < -0.39 is 0 Å². The maximum Gasteiger partial charge on any atom is 0.243 e. The zero-order valence-electron chi connectivity index (χ0n) is 12.7. The van der Waals surface area contributed by atoms with Gasteiger partial charge in [-0.25, -0.2) is 0 Å². The molecule has 0 radical (unpaired) electrons. The smallest absolute Gasteiger partial charge is 0.243 e. The molecule has 1 aromatic carbocycles. The van der Waals surface area contributed by atoms with Crippen LogP contribution in [0.15, 0.2) is 45.6 Å². The summed E-state index contributed by atoms with van der Waals surface area (Å²) in [5.41, 5.74) is 1.86. The standard InChI is InChI=1S/C16H18BrN3O2S/c1-20(9-12-6-7-23-11-12)10-16(22)18-8-15(21)19-14-5-3-2-4-13(14)17/h2-7,11H,8-10H2,1H3,(H,18,22)(H,19,21). The molecule has 2 amide bonds. The number of nitrogens with zero attached hydrogens (tertiary/aromatic N) is 1. The lowest BCUT2D eigenvalue weighted by Gasteiger charge is -2.15. The summed E-state index contributed by atoms with van der Waals surface area (Å²) in [5, 5.41) is 9.43. The lowest BCUT2D eigenvalue weighted by molar-refractivity contribution is -0.124. The molecule has 5 nitrogen and oxygen atoms in total. The molecule has 0 unspecified atom stereocenters. The number of rotatable bonds is 7. The van der Waals surface area contributed by atoms with Crippen LogP contribution in [0, 0.1) is 0 Å². The highest BCUT2D eigenvalue weighted by atomic mass is 79.9. The quantitative estimate of drug-likeness (QED) is 0.757. The molecule has 0 saturated carbocycles. The number of amides is 2. The fourth-order valence-electron chi connectivity index (χ4n) is 1.99. The van der Waals surface area contributed by atoms with Crippen molar-refractivity contribution in [2.45, 2.75) is 6.54 Å². The second-order valence-electron chi connectivity index (χ2n) is 5.11. The fourth-order valence-corrected chi connectivity index (χ4v) is 3.03. The molecule has 23 heavy (non-hydrogen) atoms. The molecule has 0 spiro atoms. The molecule has 0 atom stereocenters. The van der Waals surface area contributed by atoms with Crippen molar-refractivity contribution >= 4 is 44.8 Å². The third-order valence-corrected chi connectivity index (χ3v) is 4.46. The van der Waals surface area contributed by atoms with Gasteiger partial charge in [-0.3, -0.25) is 14.5 Å². The average molecular weight is 396 g/mol. The summed E-state index contributed by atoms with van der Waals surface area (Å²) in [6.45, 7) is 0.907. The molecule has 0 saturated heterocycles. The monoisotopic (exact) mass is 395 g/mol. The van der Waals surface area contributed by atoms with Crippen LogP contribution in [-0.4, -0.2) is 36.9 Å². The maximum atomic E-state index is 11.9. The number of thiophene rings is 1. The van der Waals surface area contributed by atoms with Crippen LogP contribution in [0.4, 0.5) is 5.69 Å². The van der Waals surface area contributed by atoms with E-state index in [2.05, 4.69) is 31.9 Å². The number of benzene rings is 1. The highest BCUT2D eigenvalue weighted by Crippen LogP contribution is 2.20. The summed E-state index contributed by atoms with van der Waals surface area (Å²) in [6, 6.07) is 9.36. The van der Waals surface area contributed by atoms with Gasteiger partial charge in [-0.1, -0.05) is 12.1 Å². The molecule has 0 bridgehead atoms. The minimum atomic E-state index is -0.259. The van der Waals surface area contributed by atoms with Gasteiger partial charge in [0, 0.05) is 11.0 Å². The van der Waals surface area contributed by atoms with Crippen LogP contribution in [0.25, 0.3) is 0 Å². The number of nitrogens with one attached hydrogen (secondary N) is 2. The molecule has 1 heterocycles. The first-order valence-electron chi connectivity index (χ1n) is 7.05. The lowest BCUT2D eigenvalue weighted by atomic mass is 10.3. The molecular weight excluding hydrogens is 378 g/mol. The van der Waals surface area contributed by atoms with E-state index in [-0.39, 0.29) is 24.9 Å². The van der Waals surface area contributed by atoms with E-state index in [1.54, 1.807) is 17.4 Å². The Morgan fingerprint density at radius 3 is 2.70 bits per heavy atom. The fraction of sp³-hybridized carbons (Fsp3) is 0.250. The number of likely N-dealkylation sites (N-methyl/N-ethyl adjacent to an activating group) is 1. The molecule has 2 aromatic rings. The highest BCUT2D eigenvalue weighted by Gasteiger charge is 2.10. The van der Waals surface area contributed by atoms with Gasteiger partial charge in [-0.15, -0.1) is 0 Å². The predicted molar refractivity (Wildman–Crippen MR) is 96.4 cm³/mol. The van der Waals surface area contributed by atoms with E-state index in [1.807, 2.05) is 41.6 Å². The van der Waals surface area contributed by atoms with Crippen LogP contribution in [0.3, 0.4) is 0 Å². The summed E-state index contributed by atoms with van der Waals surface area (Å²) >= 11 is 4.99. The van der Waals surface area contributed by atoms with Crippen LogP contribution >= 0.6 is 27.3 Å². The summed E-state index contributed by atoms with van der Waals surface area (Å²) in [7, 11) is 1.87. The zero-order valence-corrected chi connectivity index (χ0v) is 15.1. The largest absolute Gasteiger partial charge is 0.346 e. The van der Waals surface area contributed by atoms with Crippen LogP contribution < -0.4 is 10.6 Å². The summed E-state index contributed by atoms with van der Waals surface area (Å²) in [4.78, 5) is 25.6.